The molecule has 1 fully saturated rings. The molecule has 1 atom stereocenters. The Balaban J connectivity index is 1.75. The van der Waals surface area contributed by atoms with E-state index in [4.69, 9.17) is 23.2 Å². The van der Waals surface area contributed by atoms with Crippen molar-refractivity contribution in [1.82, 2.24) is 20.0 Å². The lowest BCUT2D eigenvalue weighted by Crippen LogP contribution is -2.36. The molecule has 0 spiro atoms. The number of rotatable bonds is 6. The quantitative estimate of drug-likeness (QED) is 0.494. The average Bonchev–Trinajstić information content (AvgIpc) is 3.40. The van der Waals surface area contributed by atoms with Crippen molar-refractivity contribution >= 4 is 33.2 Å². The first kappa shape index (κ1) is 22.2. The Kier molecular flexibility index (Phi) is 6.32. The highest BCUT2D eigenvalue weighted by atomic mass is 35.5. The van der Waals surface area contributed by atoms with Gasteiger partial charge in [0.1, 0.15) is 17.5 Å². The third-order valence-electron chi connectivity index (χ3n) is 5.07. The third-order valence-corrected chi connectivity index (χ3v) is 7.08. The highest BCUT2D eigenvalue weighted by molar-refractivity contribution is 7.89. The average molecular weight is 487 g/mol. The van der Waals surface area contributed by atoms with Gasteiger partial charge in [-0.15, -0.1) is 0 Å². The zero-order valence-corrected chi connectivity index (χ0v) is 18.3. The summed E-state index contributed by atoms with van der Waals surface area (Å²) in [6.45, 7) is 1.28. The van der Waals surface area contributed by atoms with Gasteiger partial charge in [-0.25, -0.2) is 26.9 Å². The minimum atomic E-state index is -3.83. The van der Waals surface area contributed by atoms with Crippen molar-refractivity contribution in [2.75, 3.05) is 13.1 Å². The molecular formula is C20H18Cl2F2N4O2S. The first-order valence-electron chi connectivity index (χ1n) is 9.42. The molecule has 0 aliphatic carbocycles. The number of hydrogen-bond donors (Lipinski definition) is 3. The van der Waals surface area contributed by atoms with E-state index in [1.807, 2.05) is 0 Å². The molecule has 164 valence electrons. The number of hydrogen-bond acceptors (Lipinski definition) is 4. The fraction of sp³-hybridized carbons (Fsp3) is 0.250. The van der Waals surface area contributed by atoms with Crippen LogP contribution in [0.25, 0.3) is 0 Å². The van der Waals surface area contributed by atoms with Crippen LogP contribution in [-0.4, -0.2) is 37.5 Å². The summed E-state index contributed by atoms with van der Waals surface area (Å²) in [5.41, 5.74) is 1.06. The van der Waals surface area contributed by atoms with Gasteiger partial charge in [0.25, 0.3) is 10.0 Å². The first-order chi connectivity index (χ1) is 14.7. The zero-order valence-electron chi connectivity index (χ0n) is 16.0. The van der Waals surface area contributed by atoms with Gasteiger partial charge >= 0.3 is 0 Å². The molecule has 0 radical (unpaired) electrons. The van der Waals surface area contributed by atoms with Crippen molar-refractivity contribution in [2.24, 2.45) is 0 Å². The monoisotopic (exact) mass is 486 g/mol. The molecule has 1 aromatic heterocycles. The number of H-pyrrole nitrogens is 1. The Morgan fingerprint density at radius 2 is 1.68 bits per heavy atom. The standard InChI is InChI=1S/C20H18Cl2F2N4O2S/c21-14-7-11(1-3-16(14)23)19(12-2-4-17(24)15(22)8-12)20-26-10-18(27-20)31(29,30)28-13-5-6-25-9-13/h1-4,7-8,10,13,19,25,28H,5-6,9H2,(H,26,27). The van der Waals surface area contributed by atoms with Gasteiger partial charge in [0.15, 0.2) is 5.03 Å². The number of benzene rings is 2. The number of aromatic nitrogens is 2. The SMILES string of the molecule is O=S(=O)(NC1CCNC1)c1cnc(C(c2ccc(F)c(Cl)c2)c2ccc(F)c(Cl)c2)[nH]1. The van der Waals surface area contributed by atoms with Crippen LogP contribution in [0.4, 0.5) is 8.78 Å². The van der Waals surface area contributed by atoms with E-state index in [-0.39, 0.29) is 26.9 Å². The van der Waals surface area contributed by atoms with E-state index in [1.165, 1.54) is 42.6 Å². The van der Waals surface area contributed by atoms with Gasteiger partial charge in [0.05, 0.1) is 22.2 Å². The van der Waals surface area contributed by atoms with Gasteiger partial charge in [0.2, 0.25) is 0 Å². The van der Waals surface area contributed by atoms with Crippen LogP contribution in [0.2, 0.25) is 10.0 Å². The molecule has 0 amide bonds. The lowest BCUT2D eigenvalue weighted by Gasteiger charge is -2.17. The van der Waals surface area contributed by atoms with Crippen LogP contribution in [0.3, 0.4) is 0 Å². The summed E-state index contributed by atoms with van der Waals surface area (Å²) in [4.78, 5) is 7.09. The van der Waals surface area contributed by atoms with E-state index in [1.54, 1.807) is 0 Å². The number of imidazole rings is 1. The normalized spacial score (nSPS) is 16.9. The summed E-state index contributed by atoms with van der Waals surface area (Å²) < 4.78 is 55.6. The lowest BCUT2D eigenvalue weighted by molar-refractivity contribution is 0.557. The van der Waals surface area contributed by atoms with E-state index in [2.05, 4.69) is 20.0 Å². The first-order valence-corrected chi connectivity index (χ1v) is 11.7. The van der Waals surface area contributed by atoms with Crippen molar-refractivity contribution in [3.63, 3.8) is 0 Å². The molecule has 3 N–H and O–H groups in total. The van der Waals surface area contributed by atoms with Gasteiger partial charge in [-0.1, -0.05) is 35.3 Å². The van der Waals surface area contributed by atoms with Crippen molar-refractivity contribution < 1.29 is 17.2 Å². The fourth-order valence-corrected chi connectivity index (χ4v) is 5.11. The minimum absolute atomic E-state index is 0.106. The summed E-state index contributed by atoms with van der Waals surface area (Å²) >= 11 is 11.9. The number of aromatic amines is 1. The highest BCUT2D eigenvalue weighted by Crippen LogP contribution is 2.34. The molecule has 31 heavy (non-hydrogen) atoms. The molecule has 2 heterocycles. The van der Waals surface area contributed by atoms with Crippen LogP contribution < -0.4 is 10.0 Å². The largest absolute Gasteiger partial charge is 0.331 e. The third kappa shape index (κ3) is 4.75. The van der Waals surface area contributed by atoms with Crippen LogP contribution in [-0.2, 0) is 10.0 Å². The van der Waals surface area contributed by atoms with Gasteiger partial charge in [0, 0.05) is 12.6 Å². The molecule has 1 aliphatic heterocycles. The Hall–Kier alpha value is -2.04. The van der Waals surface area contributed by atoms with Crippen molar-refractivity contribution in [1.29, 1.82) is 0 Å². The van der Waals surface area contributed by atoms with Gasteiger partial charge in [-0.05, 0) is 48.4 Å². The topological polar surface area (TPSA) is 86.9 Å². The second-order valence-electron chi connectivity index (χ2n) is 7.22. The van der Waals surface area contributed by atoms with Gasteiger partial charge in [-0.3, -0.25) is 0 Å². The second-order valence-corrected chi connectivity index (χ2v) is 9.72. The smallest absolute Gasteiger partial charge is 0.257 e. The Morgan fingerprint density at radius 3 is 2.19 bits per heavy atom. The van der Waals surface area contributed by atoms with Crippen molar-refractivity contribution in [2.45, 2.75) is 23.4 Å². The maximum absolute atomic E-state index is 13.7. The molecule has 0 bridgehead atoms. The van der Waals surface area contributed by atoms with Crippen LogP contribution in [0.5, 0.6) is 0 Å². The molecule has 11 heteroatoms. The molecule has 1 aliphatic rings. The van der Waals surface area contributed by atoms with Gasteiger partial charge in [-0.2, -0.15) is 0 Å². The fourth-order valence-electron chi connectivity index (χ4n) is 3.53. The Labute approximate surface area is 188 Å². The second kappa shape index (κ2) is 8.84. The summed E-state index contributed by atoms with van der Waals surface area (Å²) in [5.74, 6) is -1.62. The van der Waals surface area contributed by atoms with Crippen molar-refractivity contribution in [3.05, 3.63) is 81.2 Å². The summed E-state index contributed by atoms with van der Waals surface area (Å²) in [7, 11) is -3.83. The number of nitrogens with zero attached hydrogens (tertiary/aromatic N) is 1. The molecule has 1 unspecified atom stereocenters. The predicted octanol–water partition coefficient (Wildman–Crippen LogP) is 3.82. The molecule has 0 saturated carbocycles. The molecule has 3 aromatic rings. The van der Waals surface area contributed by atoms with E-state index >= 15 is 0 Å². The maximum Gasteiger partial charge on any atom is 0.257 e. The number of sulfonamides is 1. The van der Waals surface area contributed by atoms with Crippen LogP contribution in [0.1, 0.15) is 29.3 Å². The van der Waals surface area contributed by atoms with Crippen LogP contribution >= 0.6 is 23.2 Å². The molecular weight excluding hydrogens is 469 g/mol. The highest BCUT2D eigenvalue weighted by Gasteiger charge is 2.27. The number of nitrogens with one attached hydrogen (secondary N) is 3. The van der Waals surface area contributed by atoms with E-state index in [9.17, 15) is 17.2 Å². The molecule has 1 saturated heterocycles. The lowest BCUT2D eigenvalue weighted by atomic mass is 9.90. The van der Waals surface area contributed by atoms with E-state index in [0.717, 1.165) is 6.54 Å². The molecule has 6 nitrogen and oxygen atoms in total. The zero-order chi connectivity index (χ0) is 22.2. The Bertz CT molecular complexity index is 1160. The Morgan fingerprint density at radius 1 is 1.06 bits per heavy atom. The summed E-state index contributed by atoms with van der Waals surface area (Å²) in [5, 5.41) is 2.77. The predicted molar refractivity (Wildman–Crippen MR) is 114 cm³/mol. The number of halogens is 4. The van der Waals surface area contributed by atoms with Crippen LogP contribution in [0, 0.1) is 11.6 Å². The maximum atomic E-state index is 13.7. The molecule has 4 rings (SSSR count). The summed E-state index contributed by atoms with van der Waals surface area (Å²) in [6, 6.07) is 8.02. The minimum Gasteiger partial charge on any atom is -0.331 e. The summed E-state index contributed by atoms with van der Waals surface area (Å²) in [6.07, 6.45) is 1.90. The van der Waals surface area contributed by atoms with Crippen molar-refractivity contribution in [3.8, 4) is 0 Å². The van der Waals surface area contributed by atoms with E-state index in [0.29, 0.717) is 24.1 Å². The molecule has 2 aromatic carbocycles. The van der Waals surface area contributed by atoms with Crippen LogP contribution in [0.15, 0.2) is 47.6 Å². The van der Waals surface area contributed by atoms with E-state index < -0.39 is 27.6 Å². The van der Waals surface area contributed by atoms with Gasteiger partial charge < -0.3 is 10.3 Å².